The van der Waals surface area contributed by atoms with Crippen molar-refractivity contribution in [3.63, 3.8) is 0 Å². The van der Waals surface area contributed by atoms with Gasteiger partial charge in [-0.15, -0.1) is 0 Å². The first-order valence-corrected chi connectivity index (χ1v) is 7.00. The monoisotopic (exact) mass is 287 g/mol. The van der Waals surface area contributed by atoms with Gasteiger partial charge in [-0.25, -0.2) is 4.98 Å². The van der Waals surface area contributed by atoms with Gasteiger partial charge in [0.15, 0.2) is 0 Å². The molecule has 5 heteroatoms. The molecule has 2 aromatic heterocycles. The van der Waals surface area contributed by atoms with Crippen LogP contribution in [0.4, 0.5) is 0 Å². The van der Waals surface area contributed by atoms with Crippen molar-refractivity contribution in [2.45, 2.75) is 19.4 Å². The standard InChI is InChI=1S/C16H21N3O2/c1-4-21-14-8-13(10-18-11-14)15(17-2)7-12-5-6-16(20-3)19-9-12/h5-6,8-11,15,17H,4,7H2,1-3H3. The molecule has 1 unspecified atom stereocenters. The van der Waals surface area contributed by atoms with Gasteiger partial charge in [0, 0.05) is 24.5 Å². The van der Waals surface area contributed by atoms with Gasteiger partial charge in [-0.2, -0.15) is 0 Å². The van der Waals surface area contributed by atoms with Crippen LogP contribution in [0.15, 0.2) is 36.8 Å². The van der Waals surface area contributed by atoms with E-state index in [9.17, 15) is 0 Å². The molecule has 0 saturated carbocycles. The minimum absolute atomic E-state index is 0.160. The molecule has 1 N–H and O–H groups in total. The van der Waals surface area contributed by atoms with Gasteiger partial charge in [-0.1, -0.05) is 6.07 Å². The summed E-state index contributed by atoms with van der Waals surface area (Å²) >= 11 is 0. The Morgan fingerprint density at radius 2 is 2.10 bits per heavy atom. The van der Waals surface area contributed by atoms with Crippen molar-refractivity contribution in [1.29, 1.82) is 0 Å². The lowest BCUT2D eigenvalue weighted by atomic mass is 10.0. The first-order valence-electron chi connectivity index (χ1n) is 7.00. The largest absolute Gasteiger partial charge is 0.492 e. The van der Waals surface area contributed by atoms with Gasteiger partial charge < -0.3 is 14.8 Å². The molecular formula is C16H21N3O2. The predicted octanol–water partition coefficient (Wildman–Crippen LogP) is 2.39. The van der Waals surface area contributed by atoms with E-state index in [4.69, 9.17) is 9.47 Å². The Morgan fingerprint density at radius 1 is 1.24 bits per heavy atom. The van der Waals surface area contributed by atoms with Crippen LogP contribution < -0.4 is 14.8 Å². The van der Waals surface area contributed by atoms with Crippen LogP contribution in [0.2, 0.25) is 0 Å². The fourth-order valence-electron chi connectivity index (χ4n) is 2.15. The van der Waals surface area contributed by atoms with Crippen LogP contribution in [0.25, 0.3) is 0 Å². The average molecular weight is 287 g/mol. The molecule has 5 nitrogen and oxygen atoms in total. The molecule has 0 aliphatic rings. The Morgan fingerprint density at radius 3 is 2.71 bits per heavy atom. The van der Waals surface area contributed by atoms with Gasteiger partial charge >= 0.3 is 0 Å². The highest BCUT2D eigenvalue weighted by Crippen LogP contribution is 2.21. The number of likely N-dealkylation sites (N-methyl/N-ethyl adjacent to an activating group) is 1. The smallest absolute Gasteiger partial charge is 0.212 e. The lowest BCUT2D eigenvalue weighted by Crippen LogP contribution is -2.19. The Bertz CT molecular complexity index is 558. The SMILES string of the molecule is CCOc1cncc(C(Cc2ccc(OC)nc2)NC)c1. The molecule has 2 heterocycles. The molecule has 2 aromatic rings. The summed E-state index contributed by atoms with van der Waals surface area (Å²) < 4.78 is 10.6. The maximum atomic E-state index is 5.50. The van der Waals surface area contributed by atoms with Crippen LogP contribution in [0.5, 0.6) is 11.6 Å². The number of methoxy groups -OCH3 is 1. The Labute approximate surface area is 125 Å². The lowest BCUT2D eigenvalue weighted by Gasteiger charge is -2.17. The molecule has 0 fully saturated rings. The molecule has 0 aromatic carbocycles. The summed E-state index contributed by atoms with van der Waals surface area (Å²) in [6, 6.07) is 6.08. The van der Waals surface area contributed by atoms with Crippen LogP contribution in [-0.4, -0.2) is 30.7 Å². The van der Waals surface area contributed by atoms with Crippen molar-refractivity contribution in [2.75, 3.05) is 20.8 Å². The normalized spacial score (nSPS) is 12.0. The highest BCUT2D eigenvalue weighted by molar-refractivity contribution is 5.28. The molecular weight excluding hydrogens is 266 g/mol. The first kappa shape index (κ1) is 15.3. The maximum Gasteiger partial charge on any atom is 0.212 e. The topological polar surface area (TPSA) is 56.3 Å². The zero-order valence-corrected chi connectivity index (χ0v) is 12.7. The number of nitrogens with zero attached hydrogens (tertiary/aromatic N) is 2. The predicted molar refractivity (Wildman–Crippen MR) is 81.7 cm³/mol. The highest BCUT2D eigenvalue weighted by atomic mass is 16.5. The Balaban J connectivity index is 2.12. The fraction of sp³-hybridized carbons (Fsp3) is 0.375. The van der Waals surface area contributed by atoms with Crippen LogP contribution in [-0.2, 0) is 6.42 Å². The molecule has 0 bridgehead atoms. The average Bonchev–Trinajstić information content (AvgIpc) is 2.54. The van der Waals surface area contributed by atoms with E-state index in [-0.39, 0.29) is 6.04 Å². The van der Waals surface area contributed by atoms with Gasteiger partial charge in [0.1, 0.15) is 5.75 Å². The number of pyridine rings is 2. The van der Waals surface area contributed by atoms with Crippen molar-refractivity contribution >= 4 is 0 Å². The van der Waals surface area contributed by atoms with E-state index in [1.165, 1.54) is 0 Å². The van der Waals surface area contributed by atoms with E-state index < -0.39 is 0 Å². The summed E-state index contributed by atoms with van der Waals surface area (Å²) in [7, 11) is 3.55. The van der Waals surface area contributed by atoms with E-state index in [0.29, 0.717) is 12.5 Å². The zero-order valence-electron chi connectivity index (χ0n) is 12.7. The van der Waals surface area contributed by atoms with E-state index >= 15 is 0 Å². The summed E-state index contributed by atoms with van der Waals surface area (Å²) in [5.41, 5.74) is 2.23. The summed E-state index contributed by atoms with van der Waals surface area (Å²) in [6.07, 6.45) is 6.25. The Kier molecular flexibility index (Phi) is 5.51. The number of rotatable bonds is 7. The van der Waals surface area contributed by atoms with Crippen molar-refractivity contribution < 1.29 is 9.47 Å². The van der Waals surface area contributed by atoms with Gasteiger partial charge in [-0.05, 0) is 37.6 Å². The number of hydrogen-bond donors (Lipinski definition) is 1. The van der Waals surface area contributed by atoms with Crippen LogP contribution in [0, 0.1) is 0 Å². The van der Waals surface area contributed by atoms with Gasteiger partial charge in [-0.3, -0.25) is 4.98 Å². The number of nitrogens with one attached hydrogen (secondary N) is 1. The lowest BCUT2D eigenvalue weighted by molar-refractivity contribution is 0.338. The molecule has 0 spiro atoms. The zero-order chi connectivity index (χ0) is 15.1. The number of hydrogen-bond acceptors (Lipinski definition) is 5. The second kappa shape index (κ2) is 7.59. The van der Waals surface area contributed by atoms with Crippen molar-refractivity contribution in [3.05, 3.63) is 47.9 Å². The minimum atomic E-state index is 0.160. The second-order valence-electron chi connectivity index (χ2n) is 4.64. The molecule has 0 aliphatic carbocycles. The molecule has 1 atom stereocenters. The summed E-state index contributed by atoms with van der Waals surface area (Å²) in [4.78, 5) is 8.48. The minimum Gasteiger partial charge on any atom is -0.492 e. The van der Waals surface area contributed by atoms with Crippen LogP contribution in [0.3, 0.4) is 0 Å². The summed E-state index contributed by atoms with van der Waals surface area (Å²) in [6.45, 7) is 2.60. The van der Waals surface area contributed by atoms with Crippen molar-refractivity contribution in [2.24, 2.45) is 0 Å². The van der Waals surface area contributed by atoms with Crippen LogP contribution >= 0.6 is 0 Å². The molecule has 2 rings (SSSR count). The molecule has 0 radical (unpaired) electrons. The first-order chi connectivity index (χ1) is 10.3. The molecule has 21 heavy (non-hydrogen) atoms. The van der Waals surface area contributed by atoms with Crippen molar-refractivity contribution in [3.8, 4) is 11.6 Å². The van der Waals surface area contributed by atoms with E-state index in [2.05, 4.69) is 15.3 Å². The Hall–Kier alpha value is -2.14. The van der Waals surface area contributed by atoms with Gasteiger partial charge in [0.2, 0.25) is 5.88 Å². The van der Waals surface area contributed by atoms with Crippen molar-refractivity contribution in [1.82, 2.24) is 15.3 Å². The van der Waals surface area contributed by atoms with E-state index in [1.807, 2.05) is 44.6 Å². The third kappa shape index (κ3) is 4.16. The quantitative estimate of drug-likeness (QED) is 0.847. The van der Waals surface area contributed by atoms with E-state index in [0.717, 1.165) is 23.3 Å². The second-order valence-corrected chi connectivity index (χ2v) is 4.64. The summed E-state index contributed by atoms with van der Waals surface area (Å²) in [5, 5.41) is 3.31. The van der Waals surface area contributed by atoms with Crippen LogP contribution in [0.1, 0.15) is 24.1 Å². The number of ether oxygens (including phenoxy) is 2. The van der Waals surface area contributed by atoms with Gasteiger partial charge in [0.05, 0.1) is 19.9 Å². The third-order valence-corrected chi connectivity index (χ3v) is 3.24. The molecule has 0 aliphatic heterocycles. The molecule has 0 saturated heterocycles. The highest BCUT2D eigenvalue weighted by Gasteiger charge is 2.12. The third-order valence-electron chi connectivity index (χ3n) is 3.24. The fourth-order valence-corrected chi connectivity index (χ4v) is 2.15. The van der Waals surface area contributed by atoms with E-state index in [1.54, 1.807) is 13.3 Å². The summed E-state index contributed by atoms with van der Waals surface area (Å²) in [5.74, 6) is 1.42. The molecule has 112 valence electrons. The van der Waals surface area contributed by atoms with Gasteiger partial charge in [0.25, 0.3) is 0 Å². The number of aromatic nitrogens is 2. The molecule has 0 amide bonds. The maximum absolute atomic E-state index is 5.50.